The number of amides is 1. The summed E-state index contributed by atoms with van der Waals surface area (Å²) in [7, 11) is 1.66. The van der Waals surface area contributed by atoms with Crippen LogP contribution >= 0.6 is 0 Å². The molecule has 0 aromatic carbocycles. The Morgan fingerprint density at radius 2 is 2.06 bits per heavy atom. The zero-order chi connectivity index (χ0) is 22.3. The summed E-state index contributed by atoms with van der Waals surface area (Å²) in [4.78, 5) is 24.2. The molecule has 170 valence electrons. The van der Waals surface area contributed by atoms with Gasteiger partial charge in [-0.25, -0.2) is 0 Å². The smallest absolute Gasteiger partial charge is 0.407 e. The number of alkyl halides is 3. The van der Waals surface area contributed by atoms with Crippen LogP contribution in [0.2, 0.25) is 0 Å². The number of ether oxygens (including phenoxy) is 1. The van der Waals surface area contributed by atoms with Gasteiger partial charge in [0, 0.05) is 30.5 Å². The maximum absolute atomic E-state index is 13.1. The van der Waals surface area contributed by atoms with Crippen molar-refractivity contribution in [1.82, 2.24) is 9.91 Å². The molecule has 1 fully saturated rings. The maximum atomic E-state index is 13.1. The molecular weight excluding hydrogens is 411 g/mol. The molecule has 4 aliphatic rings. The Hall–Kier alpha value is -2.39. The van der Waals surface area contributed by atoms with Crippen molar-refractivity contribution in [3.63, 3.8) is 0 Å². The zero-order valence-electron chi connectivity index (χ0n) is 18.0. The van der Waals surface area contributed by atoms with Crippen LogP contribution in [0.5, 0.6) is 0 Å². The first-order valence-electron chi connectivity index (χ1n) is 10.7. The molecule has 0 N–H and O–H groups in total. The summed E-state index contributed by atoms with van der Waals surface area (Å²) in [6.07, 6.45) is 1.39. The van der Waals surface area contributed by atoms with Gasteiger partial charge in [-0.2, -0.15) is 18.3 Å². The lowest BCUT2D eigenvalue weighted by molar-refractivity contribution is -0.146. The third kappa shape index (κ3) is 4.34. The fourth-order valence-corrected chi connectivity index (χ4v) is 5.04. The van der Waals surface area contributed by atoms with Crippen LogP contribution in [-0.4, -0.2) is 79.0 Å². The average molecular weight is 439 g/mol. The number of likely N-dealkylation sites (tertiary alicyclic amines) is 1. The Morgan fingerprint density at radius 3 is 2.74 bits per heavy atom. The molecule has 5 atom stereocenters. The van der Waals surface area contributed by atoms with E-state index in [2.05, 4.69) is 17.0 Å². The Kier molecular flexibility index (Phi) is 5.83. The lowest BCUT2D eigenvalue weighted by Crippen LogP contribution is -2.43. The van der Waals surface area contributed by atoms with Gasteiger partial charge in [0.1, 0.15) is 12.3 Å². The molecule has 31 heavy (non-hydrogen) atoms. The van der Waals surface area contributed by atoms with E-state index in [1.165, 1.54) is 6.21 Å². The van der Waals surface area contributed by atoms with Crippen molar-refractivity contribution in [2.45, 2.75) is 51.4 Å². The highest BCUT2D eigenvalue weighted by atomic mass is 19.4. The molecule has 0 radical (unpaired) electrons. The molecule has 4 rings (SSSR count). The van der Waals surface area contributed by atoms with Gasteiger partial charge in [-0.1, -0.05) is 13.8 Å². The number of hydrazone groups is 1. The summed E-state index contributed by atoms with van der Waals surface area (Å²) in [5, 5.41) is 4.83. The fourth-order valence-electron chi connectivity index (χ4n) is 5.04. The first-order valence-corrected chi connectivity index (χ1v) is 10.7. The number of hydrogen-bond donors (Lipinski definition) is 0. The van der Waals surface area contributed by atoms with E-state index in [1.807, 2.05) is 13.1 Å². The second-order valence-electron chi connectivity index (χ2n) is 8.71. The van der Waals surface area contributed by atoms with Crippen LogP contribution in [0, 0.1) is 17.8 Å². The minimum Gasteiger partial charge on any atom is -0.499 e. The highest BCUT2D eigenvalue weighted by Crippen LogP contribution is 2.38. The number of allylic oxidation sites excluding steroid dienone is 2. The number of fused-ring (bicyclic) bond motifs is 1. The average Bonchev–Trinajstić information content (AvgIpc) is 3.30. The van der Waals surface area contributed by atoms with Gasteiger partial charge in [0.15, 0.2) is 0 Å². The lowest BCUT2D eigenvalue weighted by Gasteiger charge is -2.33. The van der Waals surface area contributed by atoms with Crippen LogP contribution in [0.15, 0.2) is 26.5 Å². The summed E-state index contributed by atoms with van der Waals surface area (Å²) in [6, 6.07) is -0.444. The van der Waals surface area contributed by atoms with Gasteiger partial charge in [-0.15, -0.1) is 0 Å². The first-order chi connectivity index (χ1) is 14.7. The van der Waals surface area contributed by atoms with Gasteiger partial charge in [-0.05, 0) is 18.8 Å². The third-order valence-corrected chi connectivity index (χ3v) is 6.56. The van der Waals surface area contributed by atoms with E-state index in [-0.39, 0.29) is 36.2 Å². The van der Waals surface area contributed by atoms with Gasteiger partial charge in [0.2, 0.25) is 5.91 Å². The standard InChI is InChI=1S/C21H28F3N5O2/c1-4-15-18(31-3)6-13(7-25-15)16-5-12(2)19-17(27-16)10-29(20(19)30)14-8-26-28(9-14)11-21(22,23)24/h7-8,12-14,16,19H,4-6,9-11H2,1-3H3. The lowest BCUT2D eigenvalue weighted by atomic mass is 9.78. The molecule has 10 heteroatoms. The van der Waals surface area contributed by atoms with Crippen molar-refractivity contribution >= 4 is 24.0 Å². The number of carbonyl (C=O) groups excluding carboxylic acids is 1. The van der Waals surface area contributed by atoms with Crippen LogP contribution < -0.4 is 0 Å². The number of methoxy groups -OCH3 is 1. The first kappa shape index (κ1) is 21.8. The second-order valence-corrected chi connectivity index (χ2v) is 8.71. The van der Waals surface area contributed by atoms with Gasteiger partial charge in [0.25, 0.3) is 0 Å². The Balaban J connectivity index is 1.46. The Bertz CT molecular complexity index is 850. The summed E-state index contributed by atoms with van der Waals surface area (Å²) in [6.45, 7) is 3.39. The number of hydrogen-bond acceptors (Lipinski definition) is 6. The van der Waals surface area contributed by atoms with Crippen molar-refractivity contribution in [2.24, 2.45) is 32.8 Å². The highest BCUT2D eigenvalue weighted by molar-refractivity contribution is 6.12. The van der Waals surface area contributed by atoms with E-state index in [1.54, 1.807) is 12.0 Å². The van der Waals surface area contributed by atoms with Crippen molar-refractivity contribution in [2.75, 3.05) is 26.7 Å². The summed E-state index contributed by atoms with van der Waals surface area (Å²) < 4.78 is 43.5. The molecule has 0 aromatic rings. The van der Waals surface area contributed by atoms with Gasteiger partial charge in [0.05, 0.1) is 43.9 Å². The van der Waals surface area contributed by atoms with E-state index >= 15 is 0 Å². The van der Waals surface area contributed by atoms with Crippen LogP contribution in [0.3, 0.4) is 0 Å². The molecule has 7 nitrogen and oxygen atoms in total. The Morgan fingerprint density at radius 1 is 1.29 bits per heavy atom. The topological polar surface area (TPSA) is 69.9 Å². The van der Waals surface area contributed by atoms with Crippen LogP contribution in [0.25, 0.3) is 0 Å². The van der Waals surface area contributed by atoms with Gasteiger partial charge in [-0.3, -0.25) is 19.8 Å². The minimum absolute atomic E-state index is 0.0141. The van der Waals surface area contributed by atoms with Crippen LogP contribution in [-0.2, 0) is 9.53 Å². The molecule has 1 saturated heterocycles. The molecule has 0 bridgehead atoms. The highest BCUT2D eigenvalue weighted by Gasteiger charge is 2.48. The maximum Gasteiger partial charge on any atom is 0.407 e. The summed E-state index contributed by atoms with van der Waals surface area (Å²) in [5.41, 5.74) is 1.79. The van der Waals surface area contributed by atoms with E-state index < -0.39 is 18.8 Å². The predicted octanol–water partition coefficient (Wildman–Crippen LogP) is 2.89. The van der Waals surface area contributed by atoms with Crippen LogP contribution in [0.1, 0.15) is 33.1 Å². The molecular formula is C21H28F3N5O2. The quantitative estimate of drug-likeness (QED) is 0.662. The molecule has 0 aromatic heterocycles. The summed E-state index contributed by atoms with van der Waals surface area (Å²) in [5.74, 6) is 0.751. The van der Waals surface area contributed by atoms with Crippen LogP contribution in [0.4, 0.5) is 13.2 Å². The van der Waals surface area contributed by atoms with E-state index in [0.717, 1.165) is 41.4 Å². The molecule has 0 saturated carbocycles. The van der Waals surface area contributed by atoms with Crippen molar-refractivity contribution < 1.29 is 22.7 Å². The van der Waals surface area contributed by atoms with Crippen molar-refractivity contribution in [3.05, 3.63) is 11.5 Å². The molecule has 4 heterocycles. The molecule has 4 aliphatic heterocycles. The number of rotatable bonds is 5. The number of halogens is 3. The monoisotopic (exact) mass is 439 g/mol. The second kappa shape index (κ2) is 8.27. The number of aliphatic imine (C=N–C) groups is 2. The normalized spacial score (nSPS) is 33.3. The van der Waals surface area contributed by atoms with Gasteiger partial charge >= 0.3 is 6.18 Å². The zero-order valence-corrected chi connectivity index (χ0v) is 18.0. The van der Waals surface area contributed by atoms with Gasteiger partial charge < -0.3 is 9.64 Å². The Labute approximate surface area is 179 Å². The van der Waals surface area contributed by atoms with E-state index in [4.69, 9.17) is 9.73 Å². The van der Waals surface area contributed by atoms with Crippen molar-refractivity contribution in [3.8, 4) is 0 Å². The van der Waals surface area contributed by atoms with E-state index in [9.17, 15) is 18.0 Å². The predicted molar refractivity (Wildman–Crippen MR) is 111 cm³/mol. The third-order valence-electron chi connectivity index (χ3n) is 6.56. The largest absolute Gasteiger partial charge is 0.499 e. The molecule has 1 amide bonds. The number of carbonyl (C=O) groups is 1. The summed E-state index contributed by atoms with van der Waals surface area (Å²) >= 11 is 0. The number of nitrogens with zero attached hydrogens (tertiary/aromatic N) is 5. The molecule has 0 spiro atoms. The SMILES string of the molecule is CCC1=C(OC)CC(C2CC(C)C3C(=O)N(C4C=NN(CC(F)(F)F)C4)CC3=N2)C=N1. The van der Waals surface area contributed by atoms with Crippen molar-refractivity contribution in [1.29, 1.82) is 0 Å². The molecule has 5 unspecified atom stereocenters. The minimum atomic E-state index is -4.32. The fraction of sp³-hybridized carbons (Fsp3) is 0.714. The van der Waals surface area contributed by atoms with E-state index in [0.29, 0.717) is 6.54 Å². The molecule has 0 aliphatic carbocycles.